The number of carbonyl (C=O) groups is 2. The highest BCUT2D eigenvalue weighted by Gasteiger charge is 2.37. The van der Waals surface area contributed by atoms with Gasteiger partial charge in [0.05, 0.1) is 31.9 Å². The average molecular weight is 322 g/mol. The minimum absolute atomic E-state index is 0.202. The number of esters is 1. The first-order valence-corrected chi connectivity index (χ1v) is 7.11. The molecule has 2 amide bonds. The largest absolute Gasteiger partial charge is 0.466 e. The molecule has 0 spiro atoms. The average Bonchev–Trinajstić information content (AvgIpc) is 2.54. The van der Waals surface area contributed by atoms with Crippen LogP contribution in [0.25, 0.3) is 0 Å². The van der Waals surface area contributed by atoms with Crippen molar-refractivity contribution >= 4 is 12.0 Å². The molecule has 6 nitrogen and oxygen atoms in total. The van der Waals surface area contributed by atoms with E-state index in [-0.39, 0.29) is 17.7 Å². The maximum atomic E-state index is 14.1. The van der Waals surface area contributed by atoms with Crippen LogP contribution in [-0.4, -0.2) is 44.3 Å². The highest BCUT2D eigenvalue weighted by atomic mass is 19.1. The Balaban J connectivity index is 2.51. The molecule has 1 aromatic carbocycles. The van der Waals surface area contributed by atoms with Crippen LogP contribution in [0.15, 0.2) is 35.5 Å². The summed E-state index contributed by atoms with van der Waals surface area (Å²) in [5.74, 6) is -1.12. The number of ether oxygens (including phenoxy) is 2. The van der Waals surface area contributed by atoms with Gasteiger partial charge in [0.2, 0.25) is 0 Å². The lowest BCUT2D eigenvalue weighted by Gasteiger charge is -2.35. The molecule has 2 rings (SSSR count). The van der Waals surface area contributed by atoms with E-state index in [1.165, 1.54) is 31.3 Å². The summed E-state index contributed by atoms with van der Waals surface area (Å²) in [5.41, 5.74) is 0.839. The van der Waals surface area contributed by atoms with Gasteiger partial charge in [0, 0.05) is 18.4 Å². The fourth-order valence-electron chi connectivity index (χ4n) is 2.55. The molecule has 0 saturated heterocycles. The highest BCUT2D eigenvalue weighted by molar-refractivity contribution is 5.95. The zero-order valence-corrected chi connectivity index (χ0v) is 13.3. The first-order valence-electron chi connectivity index (χ1n) is 7.11. The number of carbonyl (C=O) groups excluding carboxylic acids is 2. The Morgan fingerprint density at radius 2 is 2.04 bits per heavy atom. The van der Waals surface area contributed by atoms with Gasteiger partial charge in [-0.25, -0.2) is 14.0 Å². The normalized spacial score (nSPS) is 18.0. The molecule has 0 fully saturated rings. The summed E-state index contributed by atoms with van der Waals surface area (Å²) >= 11 is 0. The molecule has 124 valence electrons. The first kappa shape index (κ1) is 17.0. The molecule has 23 heavy (non-hydrogen) atoms. The van der Waals surface area contributed by atoms with E-state index in [2.05, 4.69) is 5.32 Å². The molecule has 0 aromatic heterocycles. The molecule has 1 atom stereocenters. The summed E-state index contributed by atoms with van der Waals surface area (Å²) < 4.78 is 23.9. The third-order valence-electron chi connectivity index (χ3n) is 3.74. The number of methoxy groups -OCH3 is 2. The second-order valence-corrected chi connectivity index (χ2v) is 5.04. The number of allylic oxidation sites excluding steroid dienone is 1. The second-order valence-electron chi connectivity index (χ2n) is 5.04. The Bertz CT molecular complexity index is 645. The number of rotatable bonds is 5. The molecule has 0 bridgehead atoms. The minimum atomic E-state index is -0.894. The topological polar surface area (TPSA) is 67.9 Å². The van der Waals surface area contributed by atoms with E-state index < -0.39 is 23.9 Å². The van der Waals surface area contributed by atoms with Gasteiger partial charge in [-0.1, -0.05) is 18.2 Å². The summed E-state index contributed by atoms with van der Waals surface area (Å²) in [7, 11) is 2.77. The second kappa shape index (κ2) is 7.23. The fourth-order valence-corrected chi connectivity index (χ4v) is 2.55. The van der Waals surface area contributed by atoms with Crippen LogP contribution in [0.1, 0.15) is 18.5 Å². The van der Waals surface area contributed by atoms with Gasteiger partial charge >= 0.3 is 12.0 Å². The van der Waals surface area contributed by atoms with Crippen molar-refractivity contribution in [3.8, 4) is 0 Å². The van der Waals surface area contributed by atoms with Gasteiger partial charge in [-0.05, 0) is 13.0 Å². The van der Waals surface area contributed by atoms with Crippen molar-refractivity contribution in [3.63, 3.8) is 0 Å². The van der Waals surface area contributed by atoms with Crippen LogP contribution < -0.4 is 5.32 Å². The van der Waals surface area contributed by atoms with Gasteiger partial charge in [-0.2, -0.15) is 0 Å². The quantitative estimate of drug-likeness (QED) is 0.842. The molecule has 1 aliphatic rings. The summed E-state index contributed by atoms with van der Waals surface area (Å²) in [6, 6.07) is 4.69. The summed E-state index contributed by atoms with van der Waals surface area (Å²) in [4.78, 5) is 25.9. The summed E-state index contributed by atoms with van der Waals surface area (Å²) in [6.45, 7) is 2.22. The van der Waals surface area contributed by atoms with Crippen molar-refractivity contribution < 1.29 is 23.5 Å². The molecular formula is C16H19FN2O4. The van der Waals surface area contributed by atoms with Gasteiger partial charge in [0.1, 0.15) is 5.82 Å². The Kier molecular flexibility index (Phi) is 5.33. The highest BCUT2D eigenvalue weighted by Crippen LogP contribution is 2.32. The number of amides is 2. The number of nitrogens with one attached hydrogen (secondary N) is 1. The molecule has 7 heteroatoms. The third-order valence-corrected chi connectivity index (χ3v) is 3.74. The Morgan fingerprint density at radius 3 is 2.65 bits per heavy atom. The maximum Gasteiger partial charge on any atom is 0.337 e. The Morgan fingerprint density at radius 1 is 1.35 bits per heavy atom. The van der Waals surface area contributed by atoms with Crippen LogP contribution in [0.5, 0.6) is 0 Å². The Hall–Kier alpha value is -2.41. The third kappa shape index (κ3) is 3.34. The first-order chi connectivity index (χ1) is 11.0. The minimum Gasteiger partial charge on any atom is -0.466 e. The van der Waals surface area contributed by atoms with Crippen molar-refractivity contribution in [1.29, 1.82) is 0 Å². The van der Waals surface area contributed by atoms with E-state index in [9.17, 15) is 14.0 Å². The standard InChI is InChI=1S/C16H19FN2O4/c1-10-13(15(20)23-3)14(11-6-4-5-7-12(11)17)18-16(21)19(10)8-9-22-2/h4-7,14H,8-9H2,1-3H3,(H,18,21)/t14-/m0/s1. The number of benzene rings is 1. The van der Waals surface area contributed by atoms with Crippen molar-refractivity contribution in [2.45, 2.75) is 13.0 Å². The van der Waals surface area contributed by atoms with Crippen LogP contribution in [0.4, 0.5) is 9.18 Å². The molecule has 0 aliphatic carbocycles. The van der Waals surface area contributed by atoms with E-state index >= 15 is 0 Å². The fraction of sp³-hybridized carbons (Fsp3) is 0.375. The Labute approximate surface area is 133 Å². The van der Waals surface area contributed by atoms with E-state index in [0.29, 0.717) is 12.3 Å². The zero-order valence-electron chi connectivity index (χ0n) is 13.3. The summed E-state index contributed by atoms with van der Waals surface area (Å²) in [6.07, 6.45) is 0. The van der Waals surface area contributed by atoms with Crippen molar-refractivity contribution in [1.82, 2.24) is 10.2 Å². The van der Waals surface area contributed by atoms with Crippen molar-refractivity contribution in [3.05, 3.63) is 46.9 Å². The lowest BCUT2D eigenvalue weighted by molar-refractivity contribution is -0.136. The molecule has 0 saturated carbocycles. The molecule has 1 aliphatic heterocycles. The number of hydrogen-bond acceptors (Lipinski definition) is 4. The van der Waals surface area contributed by atoms with Crippen LogP contribution in [-0.2, 0) is 14.3 Å². The molecular weight excluding hydrogens is 303 g/mol. The molecule has 0 radical (unpaired) electrons. The lowest BCUT2D eigenvalue weighted by Crippen LogP contribution is -2.49. The van der Waals surface area contributed by atoms with Gasteiger partial charge in [-0.3, -0.25) is 4.90 Å². The monoisotopic (exact) mass is 322 g/mol. The summed E-state index contributed by atoms with van der Waals surface area (Å²) in [5, 5.41) is 2.66. The van der Waals surface area contributed by atoms with Crippen LogP contribution in [0.3, 0.4) is 0 Å². The van der Waals surface area contributed by atoms with Gasteiger partial charge in [0.25, 0.3) is 0 Å². The molecule has 1 heterocycles. The van der Waals surface area contributed by atoms with E-state index in [0.717, 1.165) is 0 Å². The zero-order chi connectivity index (χ0) is 17.0. The van der Waals surface area contributed by atoms with Crippen molar-refractivity contribution in [2.24, 2.45) is 0 Å². The molecule has 1 N–H and O–H groups in total. The van der Waals surface area contributed by atoms with E-state index in [1.807, 2.05) is 0 Å². The SMILES string of the molecule is COCCN1C(=O)N[C@@H](c2ccccc2F)C(C(=O)OC)=C1C. The lowest BCUT2D eigenvalue weighted by atomic mass is 9.94. The van der Waals surface area contributed by atoms with Crippen LogP contribution in [0, 0.1) is 5.82 Å². The number of hydrogen-bond donors (Lipinski definition) is 1. The predicted octanol–water partition coefficient (Wildman–Crippen LogP) is 1.99. The van der Waals surface area contributed by atoms with Gasteiger partial charge < -0.3 is 14.8 Å². The smallest absolute Gasteiger partial charge is 0.337 e. The number of nitrogens with zero attached hydrogens (tertiary/aromatic N) is 1. The number of urea groups is 1. The van der Waals surface area contributed by atoms with Gasteiger partial charge in [0.15, 0.2) is 0 Å². The maximum absolute atomic E-state index is 14.1. The van der Waals surface area contributed by atoms with Crippen LogP contribution in [0.2, 0.25) is 0 Å². The van der Waals surface area contributed by atoms with Gasteiger partial charge in [-0.15, -0.1) is 0 Å². The molecule has 1 aromatic rings. The van der Waals surface area contributed by atoms with Crippen LogP contribution >= 0.6 is 0 Å². The van der Waals surface area contributed by atoms with Crippen molar-refractivity contribution in [2.75, 3.05) is 27.4 Å². The van der Waals surface area contributed by atoms with E-state index in [4.69, 9.17) is 9.47 Å². The predicted molar refractivity (Wildman–Crippen MR) is 81.0 cm³/mol. The number of halogens is 1. The molecule has 0 unspecified atom stereocenters. The van der Waals surface area contributed by atoms with E-state index in [1.54, 1.807) is 19.1 Å².